The summed E-state index contributed by atoms with van der Waals surface area (Å²) in [6.45, 7) is 2.21. The molecule has 4 heterocycles. The summed E-state index contributed by atoms with van der Waals surface area (Å²) in [5, 5.41) is 17.9. The Bertz CT molecular complexity index is 1740. The van der Waals surface area contributed by atoms with Crippen molar-refractivity contribution in [2.75, 3.05) is 5.32 Å². The van der Waals surface area contributed by atoms with E-state index in [9.17, 15) is 23.1 Å². The zero-order valence-corrected chi connectivity index (χ0v) is 23.9. The number of pyridine rings is 1. The van der Waals surface area contributed by atoms with Gasteiger partial charge >= 0.3 is 6.18 Å². The van der Waals surface area contributed by atoms with Crippen LogP contribution in [0.25, 0.3) is 16.1 Å². The molecule has 0 atom stereocenters. The molecule has 1 amide bonds. The number of anilines is 2. The van der Waals surface area contributed by atoms with Crippen LogP contribution in [-0.4, -0.2) is 35.4 Å². The van der Waals surface area contributed by atoms with E-state index in [4.69, 9.17) is 0 Å². The largest absolute Gasteiger partial charge is 0.433 e. The van der Waals surface area contributed by atoms with Crippen LogP contribution in [-0.2, 0) is 23.1 Å². The van der Waals surface area contributed by atoms with Crippen LogP contribution in [0, 0.1) is 12.8 Å². The van der Waals surface area contributed by atoms with Crippen molar-refractivity contribution in [1.82, 2.24) is 29.7 Å². The number of thiazole rings is 1. The lowest BCUT2D eigenvalue weighted by Crippen LogP contribution is -2.38. The van der Waals surface area contributed by atoms with Gasteiger partial charge in [0, 0.05) is 36.4 Å². The highest BCUT2D eigenvalue weighted by Gasteiger charge is 2.39. The van der Waals surface area contributed by atoms with Gasteiger partial charge in [-0.1, -0.05) is 12.1 Å². The van der Waals surface area contributed by atoms with E-state index in [-0.39, 0.29) is 17.8 Å². The van der Waals surface area contributed by atoms with Gasteiger partial charge in [0.25, 0.3) is 0 Å². The second-order valence-corrected chi connectivity index (χ2v) is 11.8. The van der Waals surface area contributed by atoms with Crippen LogP contribution in [0.4, 0.5) is 24.8 Å². The number of carbonyl (C=O) groups excluding carboxylic acids is 1. The molecule has 222 valence electrons. The molecule has 6 rings (SSSR count). The van der Waals surface area contributed by atoms with E-state index >= 15 is 0 Å². The van der Waals surface area contributed by atoms with Crippen molar-refractivity contribution < 1.29 is 23.1 Å². The fourth-order valence-corrected chi connectivity index (χ4v) is 6.34. The van der Waals surface area contributed by atoms with Crippen LogP contribution < -0.4 is 10.6 Å². The van der Waals surface area contributed by atoms with E-state index in [1.54, 1.807) is 18.3 Å². The molecule has 0 unspecified atom stereocenters. The Morgan fingerprint density at radius 3 is 2.72 bits per heavy atom. The van der Waals surface area contributed by atoms with Gasteiger partial charge in [-0.3, -0.25) is 4.79 Å². The first-order chi connectivity index (χ1) is 20.6. The molecule has 9 nitrogen and oxygen atoms in total. The lowest BCUT2D eigenvalue weighted by atomic mass is 9.78. The second kappa shape index (κ2) is 11.4. The predicted octanol–water partition coefficient (Wildman–Crippen LogP) is 6.01. The van der Waals surface area contributed by atoms with Crippen molar-refractivity contribution >= 4 is 34.5 Å². The molecule has 43 heavy (non-hydrogen) atoms. The van der Waals surface area contributed by atoms with E-state index < -0.39 is 17.5 Å². The summed E-state index contributed by atoms with van der Waals surface area (Å²) < 4.78 is 41.1. The molecule has 3 N–H and O–H groups in total. The fraction of sp³-hybridized carbons (Fsp3) is 0.300. The maximum atomic E-state index is 13.1. The molecule has 1 saturated carbocycles. The number of nitrogens with one attached hydrogen (secondary N) is 2. The standard InChI is InChI=1S/C30H28F3N7O2S/c1-18-12-20(14-21(13-18)38-28-34-10-7-24(39-28)30(31,32)33)23-16-36-27(43-23)29(42)8-5-19(6-9-29)26(41)35-15-22-17-40-11-3-2-4-25(40)37-22/h2-4,7,10-14,16-17,19,42H,5-6,8-9,15H2,1H3,(H,35,41)(H,34,38,39). The molecule has 0 bridgehead atoms. The number of alkyl halides is 3. The Kier molecular flexibility index (Phi) is 7.61. The minimum atomic E-state index is -4.57. The number of benzene rings is 1. The van der Waals surface area contributed by atoms with Crippen molar-refractivity contribution in [1.29, 1.82) is 0 Å². The Morgan fingerprint density at radius 2 is 1.95 bits per heavy atom. The Morgan fingerprint density at radius 1 is 1.14 bits per heavy atom. The highest BCUT2D eigenvalue weighted by atomic mass is 32.1. The number of rotatable bonds is 7. The summed E-state index contributed by atoms with van der Waals surface area (Å²) in [6, 6.07) is 12.0. The number of aryl methyl sites for hydroxylation is 1. The minimum Gasteiger partial charge on any atom is -0.383 e. The van der Waals surface area contributed by atoms with Gasteiger partial charge < -0.3 is 20.1 Å². The smallest absolute Gasteiger partial charge is 0.383 e. The Hall–Kier alpha value is -4.36. The molecular weight excluding hydrogens is 579 g/mol. The predicted molar refractivity (Wildman–Crippen MR) is 155 cm³/mol. The third-order valence-corrected chi connectivity index (χ3v) is 8.75. The highest BCUT2D eigenvalue weighted by molar-refractivity contribution is 7.15. The first-order valence-corrected chi connectivity index (χ1v) is 14.6. The zero-order chi connectivity index (χ0) is 30.2. The summed E-state index contributed by atoms with van der Waals surface area (Å²) in [4.78, 5) is 30.2. The maximum Gasteiger partial charge on any atom is 0.433 e. The van der Waals surface area contributed by atoms with E-state index in [2.05, 4.69) is 30.6 Å². The third-order valence-electron chi connectivity index (χ3n) is 7.51. The average Bonchev–Trinajstić information content (AvgIpc) is 3.64. The normalized spacial score (nSPS) is 19.0. The molecule has 1 aliphatic rings. The Labute approximate surface area is 248 Å². The van der Waals surface area contributed by atoms with Crippen LogP contribution in [0.1, 0.15) is 47.6 Å². The summed E-state index contributed by atoms with van der Waals surface area (Å²) in [6.07, 6.45) is 3.83. The lowest BCUT2D eigenvalue weighted by molar-refractivity contribution is -0.141. The van der Waals surface area contributed by atoms with Gasteiger partial charge in [-0.05, 0) is 74.1 Å². The number of aliphatic hydroxyl groups is 1. The van der Waals surface area contributed by atoms with Gasteiger partial charge in [-0.2, -0.15) is 13.2 Å². The van der Waals surface area contributed by atoms with Crippen LogP contribution in [0.5, 0.6) is 0 Å². The number of fused-ring (bicyclic) bond motifs is 1. The SMILES string of the molecule is Cc1cc(Nc2nccc(C(F)(F)F)n2)cc(-c2cnc(C3(O)CCC(C(=O)NCc4cn5ccccc5n4)CC3)s2)c1. The monoisotopic (exact) mass is 607 g/mol. The fourth-order valence-electron chi connectivity index (χ4n) is 5.29. The highest BCUT2D eigenvalue weighted by Crippen LogP contribution is 2.43. The number of imidazole rings is 1. The molecule has 1 aromatic carbocycles. The van der Waals surface area contributed by atoms with Crippen molar-refractivity contribution in [2.24, 2.45) is 5.92 Å². The molecule has 0 radical (unpaired) electrons. The first kappa shape index (κ1) is 28.7. The molecule has 1 fully saturated rings. The van der Waals surface area contributed by atoms with Crippen molar-refractivity contribution in [2.45, 2.75) is 50.9 Å². The quantitative estimate of drug-likeness (QED) is 0.207. The van der Waals surface area contributed by atoms with E-state index in [1.165, 1.54) is 11.3 Å². The Balaban J connectivity index is 1.09. The van der Waals surface area contributed by atoms with Gasteiger partial charge in [0.05, 0.1) is 17.1 Å². The van der Waals surface area contributed by atoms with Crippen LogP contribution in [0.2, 0.25) is 0 Å². The molecule has 0 spiro atoms. The van der Waals surface area contributed by atoms with Crippen molar-refractivity contribution in [3.8, 4) is 10.4 Å². The van der Waals surface area contributed by atoms with E-state index in [1.807, 2.05) is 48.0 Å². The molecule has 1 aliphatic carbocycles. The second-order valence-electron chi connectivity index (χ2n) is 10.7. The average molecular weight is 608 g/mol. The zero-order valence-electron chi connectivity index (χ0n) is 23.1. The number of nitrogens with zero attached hydrogens (tertiary/aromatic N) is 5. The summed E-state index contributed by atoms with van der Waals surface area (Å²) in [7, 11) is 0. The minimum absolute atomic E-state index is 0.0523. The van der Waals surface area contributed by atoms with Crippen LogP contribution in [0.3, 0.4) is 0 Å². The van der Waals surface area contributed by atoms with E-state index in [0.29, 0.717) is 42.9 Å². The first-order valence-electron chi connectivity index (χ1n) is 13.7. The van der Waals surface area contributed by atoms with Gasteiger partial charge in [0.2, 0.25) is 11.9 Å². The summed E-state index contributed by atoms with van der Waals surface area (Å²) in [5.74, 6) is -0.423. The molecular formula is C30H28F3N7O2S. The van der Waals surface area contributed by atoms with Crippen LogP contribution >= 0.6 is 11.3 Å². The molecule has 5 aromatic rings. The molecule has 0 saturated heterocycles. The molecule has 4 aromatic heterocycles. The topological polar surface area (TPSA) is 117 Å². The maximum absolute atomic E-state index is 13.1. The number of hydrogen-bond donors (Lipinski definition) is 3. The van der Waals surface area contributed by atoms with Gasteiger partial charge in [-0.25, -0.2) is 19.9 Å². The van der Waals surface area contributed by atoms with Gasteiger partial charge in [0.15, 0.2) is 0 Å². The van der Waals surface area contributed by atoms with Gasteiger partial charge in [0.1, 0.15) is 21.9 Å². The number of carbonyl (C=O) groups is 1. The van der Waals surface area contributed by atoms with Crippen molar-refractivity contribution in [3.63, 3.8) is 0 Å². The number of hydrogen-bond acceptors (Lipinski definition) is 8. The van der Waals surface area contributed by atoms with Crippen LogP contribution in [0.15, 0.2) is 67.3 Å². The molecule has 13 heteroatoms. The number of aromatic nitrogens is 5. The lowest BCUT2D eigenvalue weighted by Gasteiger charge is -2.33. The number of amides is 1. The number of halogens is 3. The summed E-state index contributed by atoms with van der Waals surface area (Å²) >= 11 is 1.36. The summed E-state index contributed by atoms with van der Waals surface area (Å²) in [5.41, 5.74) is 1.62. The molecule has 0 aliphatic heterocycles. The van der Waals surface area contributed by atoms with E-state index in [0.717, 1.165) is 39.6 Å². The van der Waals surface area contributed by atoms with Gasteiger partial charge in [-0.15, -0.1) is 11.3 Å². The third kappa shape index (κ3) is 6.37. The van der Waals surface area contributed by atoms with Crippen molar-refractivity contribution in [3.05, 3.63) is 89.2 Å².